The first-order valence-electron chi connectivity index (χ1n) is 5.52. The van der Waals surface area contributed by atoms with Crippen molar-refractivity contribution in [3.63, 3.8) is 0 Å². The van der Waals surface area contributed by atoms with Crippen molar-refractivity contribution in [2.45, 2.75) is 32.3 Å². The molecule has 0 amide bonds. The van der Waals surface area contributed by atoms with E-state index in [-0.39, 0.29) is 25.2 Å². The number of ether oxygens (including phenoxy) is 1. The van der Waals surface area contributed by atoms with Crippen LogP contribution in [0.3, 0.4) is 0 Å². The molecule has 0 aliphatic carbocycles. The van der Waals surface area contributed by atoms with Gasteiger partial charge in [-0.2, -0.15) is 0 Å². The number of rotatable bonds is 7. The van der Waals surface area contributed by atoms with Gasteiger partial charge in [-0.25, -0.2) is 4.79 Å². The molecular weight excluding hydrogens is 224 g/mol. The van der Waals surface area contributed by atoms with Crippen LogP contribution in [0.2, 0.25) is 0 Å². The van der Waals surface area contributed by atoms with Gasteiger partial charge in [0.05, 0.1) is 12.9 Å². The van der Waals surface area contributed by atoms with Crippen LogP contribution >= 0.6 is 0 Å². The molecular formula is C12H16O5. The number of aliphatic hydroxyl groups excluding tert-OH is 1. The van der Waals surface area contributed by atoms with Crippen LogP contribution in [0.4, 0.5) is 0 Å². The number of Topliss-reactive ketones (excluding diaryl/α,β-unsaturated/α-hetero) is 1. The number of hydrogen-bond acceptors (Lipinski definition) is 5. The topological polar surface area (TPSA) is 76.7 Å². The van der Waals surface area contributed by atoms with Crippen molar-refractivity contribution in [1.82, 2.24) is 0 Å². The molecule has 0 fully saturated rings. The van der Waals surface area contributed by atoms with E-state index in [0.29, 0.717) is 12.2 Å². The summed E-state index contributed by atoms with van der Waals surface area (Å²) in [5.41, 5.74) is 0. The van der Waals surface area contributed by atoms with Gasteiger partial charge in [-0.15, -0.1) is 0 Å². The molecule has 1 unspecified atom stereocenters. The number of esters is 1. The van der Waals surface area contributed by atoms with Crippen LogP contribution in [0, 0.1) is 0 Å². The van der Waals surface area contributed by atoms with Gasteiger partial charge in [0.2, 0.25) is 0 Å². The molecule has 0 saturated heterocycles. The molecule has 0 aliphatic rings. The first-order chi connectivity index (χ1) is 8.13. The highest BCUT2D eigenvalue weighted by Gasteiger charge is 2.19. The van der Waals surface area contributed by atoms with Crippen molar-refractivity contribution < 1.29 is 23.8 Å². The van der Waals surface area contributed by atoms with Gasteiger partial charge in [-0.3, -0.25) is 4.79 Å². The number of hydrogen-bond donors (Lipinski definition) is 1. The summed E-state index contributed by atoms with van der Waals surface area (Å²) in [5, 5.41) is 9.36. The fourth-order valence-electron chi connectivity index (χ4n) is 1.36. The van der Waals surface area contributed by atoms with Gasteiger partial charge in [-0.1, -0.05) is 0 Å². The highest BCUT2D eigenvalue weighted by Crippen LogP contribution is 2.06. The number of carbonyl (C=O) groups excluding carboxylic acids is 2. The SMILES string of the molecule is CCOC(=O)C(O)CC(=O)CCc1ccco1. The Balaban J connectivity index is 2.27. The molecule has 5 heteroatoms. The van der Waals surface area contributed by atoms with E-state index in [1.807, 2.05) is 0 Å². The van der Waals surface area contributed by atoms with E-state index in [4.69, 9.17) is 4.42 Å². The quantitative estimate of drug-likeness (QED) is 0.722. The molecule has 0 aromatic carbocycles. The Hall–Kier alpha value is -1.62. The Morgan fingerprint density at radius 1 is 1.53 bits per heavy atom. The van der Waals surface area contributed by atoms with E-state index in [0.717, 1.165) is 0 Å². The summed E-state index contributed by atoms with van der Waals surface area (Å²) in [6.45, 7) is 1.83. The molecule has 1 aromatic heterocycles. The third-order valence-corrected chi connectivity index (χ3v) is 2.21. The third kappa shape index (κ3) is 4.82. The van der Waals surface area contributed by atoms with E-state index in [1.54, 1.807) is 19.1 Å². The normalized spacial score (nSPS) is 12.1. The second kappa shape index (κ2) is 6.85. The summed E-state index contributed by atoms with van der Waals surface area (Å²) in [6, 6.07) is 3.52. The van der Waals surface area contributed by atoms with Crippen LogP contribution in [0.15, 0.2) is 22.8 Å². The Labute approximate surface area is 99.4 Å². The van der Waals surface area contributed by atoms with Gasteiger partial charge >= 0.3 is 5.97 Å². The molecule has 1 N–H and O–H groups in total. The lowest BCUT2D eigenvalue weighted by Crippen LogP contribution is -2.26. The van der Waals surface area contributed by atoms with Crippen LogP contribution in [0.5, 0.6) is 0 Å². The molecule has 1 rings (SSSR count). The molecule has 0 radical (unpaired) electrons. The van der Waals surface area contributed by atoms with Crippen LogP contribution in [0.25, 0.3) is 0 Å². The molecule has 1 aromatic rings. The minimum Gasteiger partial charge on any atom is -0.469 e. The zero-order valence-electron chi connectivity index (χ0n) is 9.72. The minimum absolute atomic E-state index is 0.191. The van der Waals surface area contributed by atoms with E-state index < -0.39 is 12.1 Å². The highest BCUT2D eigenvalue weighted by molar-refractivity contribution is 5.85. The Bertz CT molecular complexity index is 355. The van der Waals surface area contributed by atoms with Crippen LogP contribution < -0.4 is 0 Å². The maximum Gasteiger partial charge on any atom is 0.335 e. The minimum atomic E-state index is -1.36. The van der Waals surface area contributed by atoms with E-state index in [2.05, 4.69) is 4.74 Å². The highest BCUT2D eigenvalue weighted by atomic mass is 16.5. The number of aliphatic hydroxyl groups is 1. The average molecular weight is 240 g/mol. The summed E-state index contributed by atoms with van der Waals surface area (Å²) in [4.78, 5) is 22.5. The summed E-state index contributed by atoms with van der Waals surface area (Å²) < 4.78 is 9.66. The molecule has 94 valence electrons. The number of ketones is 1. The van der Waals surface area contributed by atoms with Crippen molar-refractivity contribution in [2.75, 3.05) is 6.61 Å². The van der Waals surface area contributed by atoms with Gasteiger partial charge < -0.3 is 14.3 Å². The number of carbonyl (C=O) groups is 2. The van der Waals surface area contributed by atoms with Gasteiger partial charge in [0.15, 0.2) is 6.10 Å². The van der Waals surface area contributed by atoms with Crippen molar-refractivity contribution in [2.24, 2.45) is 0 Å². The van der Waals surface area contributed by atoms with E-state index >= 15 is 0 Å². The van der Waals surface area contributed by atoms with Crippen LogP contribution in [0.1, 0.15) is 25.5 Å². The predicted octanol–water partition coefficient (Wildman–Crippen LogP) is 1.10. The molecule has 0 aliphatic heterocycles. The van der Waals surface area contributed by atoms with Gasteiger partial charge in [0.25, 0.3) is 0 Å². The summed E-state index contributed by atoms with van der Waals surface area (Å²) in [5.74, 6) is -0.232. The first kappa shape index (κ1) is 13.4. The molecule has 5 nitrogen and oxygen atoms in total. The number of aryl methyl sites for hydroxylation is 1. The lowest BCUT2D eigenvalue weighted by Gasteiger charge is -2.08. The lowest BCUT2D eigenvalue weighted by atomic mass is 10.1. The monoisotopic (exact) mass is 240 g/mol. The van der Waals surface area contributed by atoms with E-state index in [1.165, 1.54) is 6.26 Å². The van der Waals surface area contributed by atoms with E-state index in [9.17, 15) is 14.7 Å². The van der Waals surface area contributed by atoms with Gasteiger partial charge in [-0.05, 0) is 19.1 Å². The largest absolute Gasteiger partial charge is 0.469 e. The lowest BCUT2D eigenvalue weighted by molar-refractivity contribution is -0.154. The average Bonchev–Trinajstić information content (AvgIpc) is 2.79. The van der Waals surface area contributed by atoms with Crippen molar-refractivity contribution >= 4 is 11.8 Å². The summed E-state index contributed by atoms with van der Waals surface area (Å²) in [6.07, 6.45) is 0.678. The van der Waals surface area contributed by atoms with Crippen LogP contribution in [-0.4, -0.2) is 29.6 Å². The van der Waals surface area contributed by atoms with Crippen molar-refractivity contribution in [3.8, 4) is 0 Å². The van der Waals surface area contributed by atoms with Gasteiger partial charge in [0.1, 0.15) is 11.5 Å². The van der Waals surface area contributed by atoms with Crippen molar-refractivity contribution in [3.05, 3.63) is 24.2 Å². The maximum absolute atomic E-state index is 11.4. The standard InChI is InChI=1S/C12H16O5/c1-2-16-12(15)11(14)8-9(13)5-6-10-4-3-7-17-10/h3-4,7,11,14H,2,5-6,8H2,1H3. The Morgan fingerprint density at radius 2 is 2.29 bits per heavy atom. The second-order valence-electron chi connectivity index (χ2n) is 3.59. The molecule has 0 bridgehead atoms. The third-order valence-electron chi connectivity index (χ3n) is 2.21. The smallest absolute Gasteiger partial charge is 0.335 e. The first-order valence-corrected chi connectivity index (χ1v) is 5.52. The molecule has 0 saturated carbocycles. The zero-order chi connectivity index (χ0) is 12.7. The van der Waals surface area contributed by atoms with Crippen LogP contribution in [-0.2, 0) is 20.7 Å². The maximum atomic E-state index is 11.4. The Kier molecular flexibility index (Phi) is 5.42. The molecule has 17 heavy (non-hydrogen) atoms. The number of furan rings is 1. The second-order valence-corrected chi connectivity index (χ2v) is 3.59. The van der Waals surface area contributed by atoms with Crippen molar-refractivity contribution in [1.29, 1.82) is 0 Å². The fraction of sp³-hybridized carbons (Fsp3) is 0.500. The summed E-state index contributed by atoms with van der Waals surface area (Å²) >= 11 is 0. The molecule has 1 heterocycles. The predicted molar refractivity (Wildman–Crippen MR) is 59.3 cm³/mol. The van der Waals surface area contributed by atoms with Gasteiger partial charge in [0, 0.05) is 19.3 Å². The Morgan fingerprint density at radius 3 is 2.88 bits per heavy atom. The zero-order valence-corrected chi connectivity index (χ0v) is 9.72. The fourth-order valence-corrected chi connectivity index (χ4v) is 1.36. The summed E-state index contributed by atoms with van der Waals surface area (Å²) in [7, 11) is 0. The molecule has 0 spiro atoms. The molecule has 1 atom stereocenters.